The van der Waals surface area contributed by atoms with E-state index in [0.29, 0.717) is 17.7 Å². The molecule has 3 N–H and O–H groups in total. The maximum Gasteiger partial charge on any atom is 0.279 e. The molecule has 2 aromatic carbocycles. The fourth-order valence-electron chi connectivity index (χ4n) is 3.50. The van der Waals surface area contributed by atoms with E-state index in [1.807, 2.05) is 36.4 Å². The van der Waals surface area contributed by atoms with Crippen molar-refractivity contribution in [3.63, 3.8) is 0 Å². The Hall–Kier alpha value is -1.75. The molecule has 0 aliphatic carbocycles. The molecule has 1 aliphatic heterocycles. The molecule has 162 valence electrons. The van der Waals surface area contributed by atoms with Crippen molar-refractivity contribution in [2.24, 2.45) is 11.1 Å². The van der Waals surface area contributed by atoms with Gasteiger partial charge in [-0.3, -0.25) is 4.90 Å². The summed E-state index contributed by atoms with van der Waals surface area (Å²) in [6, 6.07) is 16.1. The number of piperidine rings is 1. The zero-order valence-corrected chi connectivity index (χ0v) is 18.8. The van der Waals surface area contributed by atoms with Gasteiger partial charge >= 0.3 is 0 Å². The van der Waals surface area contributed by atoms with Crippen LogP contribution < -0.4 is 14.6 Å². The van der Waals surface area contributed by atoms with E-state index >= 15 is 0 Å². The number of ether oxygens (including phenoxy) is 1. The number of thiazole rings is 1. The van der Waals surface area contributed by atoms with Crippen LogP contribution in [-0.4, -0.2) is 37.9 Å². The molecule has 3 aromatic rings. The van der Waals surface area contributed by atoms with Crippen molar-refractivity contribution < 1.29 is 13.2 Å². The molecule has 0 radical (unpaired) electrons. The number of nitrogens with one attached hydrogen (secondary N) is 1. The van der Waals surface area contributed by atoms with Crippen LogP contribution in [0.3, 0.4) is 0 Å². The molecule has 2 heterocycles. The van der Waals surface area contributed by atoms with Gasteiger partial charge in [0.05, 0.1) is 10.2 Å². The van der Waals surface area contributed by atoms with Gasteiger partial charge in [-0.2, -0.15) is 8.42 Å². The lowest BCUT2D eigenvalue weighted by molar-refractivity contribution is 0.178. The highest BCUT2D eigenvalue weighted by molar-refractivity contribution is 7.87. The third kappa shape index (κ3) is 6.37. The molecule has 4 rings (SSSR count). The molecule has 10 heteroatoms. The number of nitrogens with zero attached hydrogens (tertiary/aromatic N) is 2. The molecule has 1 fully saturated rings. The first-order valence-electron chi connectivity index (χ1n) is 9.57. The minimum absolute atomic E-state index is 0. The first-order chi connectivity index (χ1) is 13.9. The topological polar surface area (TPSA) is 97.5 Å². The van der Waals surface area contributed by atoms with Gasteiger partial charge in [0.2, 0.25) is 0 Å². The van der Waals surface area contributed by atoms with E-state index in [9.17, 15) is 8.42 Å². The predicted molar refractivity (Wildman–Crippen MR) is 122 cm³/mol. The van der Waals surface area contributed by atoms with E-state index in [4.69, 9.17) is 9.88 Å². The number of halogens is 1. The Bertz CT molecular complexity index is 1030. The zero-order chi connectivity index (χ0) is 20.3. The number of nitrogens with two attached hydrogens (primary N) is 1. The lowest BCUT2D eigenvalue weighted by atomic mass is 9.97. The lowest BCUT2D eigenvalue weighted by Crippen LogP contribution is -2.40. The Morgan fingerprint density at radius 1 is 1.13 bits per heavy atom. The van der Waals surface area contributed by atoms with E-state index in [2.05, 4.69) is 26.7 Å². The largest absolute Gasteiger partial charge is 0.431 e. The number of para-hydroxylation sites is 1. The molecule has 30 heavy (non-hydrogen) atoms. The number of hydrogen-bond acceptors (Lipinski definition) is 6. The molecule has 0 amide bonds. The summed E-state index contributed by atoms with van der Waals surface area (Å²) in [6.45, 7) is 3.18. The molecule has 1 aromatic heterocycles. The van der Waals surface area contributed by atoms with Gasteiger partial charge in [-0.25, -0.2) is 14.8 Å². The Kier molecular flexibility index (Phi) is 7.67. The maximum atomic E-state index is 11.0. The fraction of sp³-hybridized carbons (Fsp3) is 0.350. The van der Waals surface area contributed by atoms with Crippen molar-refractivity contribution in [3.8, 4) is 10.9 Å². The smallest absolute Gasteiger partial charge is 0.279 e. The van der Waals surface area contributed by atoms with Gasteiger partial charge in [-0.05, 0) is 61.7 Å². The van der Waals surface area contributed by atoms with Crippen LogP contribution >= 0.6 is 23.7 Å². The minimum atomic E-state index is -3.60. The van der Waals surface area contributed by atoms with Gasteiger partial charge in [0, 0.05) is 13.1 Å². The normalized spacial score (nSPS) is 15.8. The molecule has 0 spiro atoms. The number of benzene rings is 2. The van der Waals surface area contributed by atoms with Crippen LogP contribution in [0.4, 0.5) is 0 Å². The quantitative estimate of drug-likeness (QED) is 0.553. The number of fused-ring (bicyclic) bond motifs is 1. The van der Waals surface area contributed by atoms with Crippen LogP contribution in [0.15, 0.2) is 48.5 Å². The Labute approximate surface area is 186 Å². The van der Waals surface area contributed by atoms with Crippen LogP contribution in [-0.2, 0) is 16.8 Å². The van der Waals surface area contributed by atoms with Gasteiger partial charge < -0.3 is 4.74 Å². The molecule has 7 nitrogen and oxygen atoms in total. The molecule has 0 bridgehead atoms. The highest BCUT2D eigenvalue weighted by Crippen LogP contribution is 2.31. The summed E-state index contributed by atoms with van der Waals surface area (Å²) in [7, 11) is -3.60. The Morgan fingerprint density at radius 2 is 1.83 bits per heavy atom. The van der Waals surface area contributed by atoms with Crippen LogP contribution in [0, 0.1) is 5.92 Å². The van der Waals surface area contributed by atoms with Crippen molar-refractivity contribution in [2.45, 2.75) is 19.4 Å². The third-order valence-corrected chi connectivity index (χ3v) is 6.57. The fourth-order valence-corrected chi connectivity index (χ4v) is 4.80. The van der Waals surface area contributed by atoms with E-state index in [0.717, 1.165) is 48.4 Å². The highest BCUT2D eigenvalue weighted by Gasteiger charge is 2.20. The molecule has 1 aliphatic rings. The number of aromatic nitrogens is 1. The Morgan fingerprint density at radius 3 is 2.50 bits per heavy atom. The zero-order valence-electron chi connectivity index (χ0n) is 16.4. The summed E-state index contributed by atoms with van der Waals surface area (Å²) < 4.78 is 31.4. The van der Waals surface area contributed by atoms with E-state index in [1.165, 1.54) is 16.9 Å². The van der Waals surface area contributed by atoms with Gasteiger partial charge in [-0.15, -0.1) is 12.4 Å². The number of rotatable bonds is 7. The SMILES string of the molecule is Cl.NS(=O)(=O)NCC1CCN(Cc2ccc(Oc3nc4ccccc4s3)cc2)CC1. The molecule has 0 unspecified atom stereocenters. The summed E-state index contributed by atoms with van der Waals surface area (Å²) in [4.78, 5) is 6.88. The van der Waals surface area contributed by atoms with Crippen molar-refractivity contribution in [3.05, 3.63) is 54.1 Å². The van der Waals surface area contributed by atoms with Crippen molar-refractivity contribution >= 4 is 44.2 Å². The van der Waals surface area contributed by atoms with Gasteiger partial charge in [0.25, 0.3) is 15.4 Å². The standard InChI is InChI=1S/C20H24N4O3S2.ClH/c21-29(25,26)22-13-15-9-11-24(12-10-15)14-16-5-7-17(8-6-16)27-20-23-18-3-1-2-4-19(18)28-20;/h1-8,15,22H,9-14H2,(H2,21,25,26);1H. The monoisotopic (exact) mass is 468 g/mol. The summed E-state index contributed by atoms with van der Waals surface area (Å²) in [5.41, 5.74) is 2.18. The first kappa shape index (κ1) is 22.9. The summed E-state index contributed by atoms with van der Waals surface area (Å²) in [6.07, 6.45) is 1.92. The van der Waals surface area contributed by atoms with Crippen molar-refractivity contribution in [1.29, 1.82) is 0 Å². The third-order valence-electron chi connectivity index (χ3n) is 5.09. The number of likely N-dealkylation sites (tertiary alicyclic amines) is 1. The van der Waals surface area contributed by atoms with Gasteiger partial charge in [-0.1, -0.05) is 35.6 Å². The summed E-state index contributed by atoms with van der Waals surface area (Å²) >= 11 is 1.54. The second-order valence-electron chi connectivity index (χ2n) is 7.31. The second-order valence-corrected chi connectivity index (χ2v) is 9.68. The second kappa shape index (κ2) is 10.0. The highest BCUT2D eigenvalue weighted by atomic mass is 35.5. The Balaban J connectivity index is 0.00000256. The minimum Gasteiger partial charge on any atom is -0.431 e. The van der Waals surface area contributed by atoms with E-state index in [-0.39, 0.29) is 12.4 Å². The number of hydrogen-bond donors (Lipinski definition) is 2. The van der Waals surface area contributed by atoms with E-state index < -0.39 is 10.2 Å². The van der Waals surface area contributed by atoms with Crippen LogP contribution in [0.1, 0.15) is 18.4 Å². The first-order valence-corrected chi connectivity index (χ1v) is 11.9. The van der Waals surface area contributed by atoms with Crippen LogP contribution in [0.5, 0.6) is 10.9 Å². The van der Waals surface area contributed by atoms with Crippen LogP contribution in [0.25, 0.3) is 10.2 Å². The molecule has 0 saturated carbocycles. The van der Waals surface area contributed by atoms with Gasteiger partial charge in [0.15, 0.2) is 0 Å². The molecular weight excluding hydrogens is 444 g/mol. The van der Waals surface area contributed by atoms with Crippen LogP contribution in [0.2, 0.25) is 0 Å². The average molecular weight is 469 g/mol. The molecule has 0 atom stereocenters. The van der Waals surface area contributed by atoms with E-state index in [1.54, 1.807) is 0 Å². The van der Waals surface area contributed by atoms with Gasteiger partial charge in [0.1, 0.15) is 5.75 Å². The predicted octanol–water partition coefficient (Wildman–Crippen LogP) is 3.52. The summed E-state index contributed by atoms with van der Waals surface area (Å²) in [5.74, 6) is 1.12. The average Bonchev–Trinajstić information content (AvgIpc) is 3.11. The van der Waals surface area contributed by atoms with Crippen molar-refractivity contribution in [1.82, 2.24) is 14.6 Å². The lowest BCUT2D eigenvalue weighted by Gasteiger charge is -2.31. The summed E-state index contributed by atoms with van der Waals surface area (Å²) in [5, 5.41) is 5.65. The maximum absolute atomic E-state index is 11.0. The molecule has 1 saturated heterocycles. The van der Waals surface area contributed by atoms with Crippen molar-refractivity contribution in [2.75, 3.05) is 19.6 Å². The molecular formula is C20H25ClN4O3S2.